The van der Waals surface area contributed by atoms with Crippen molar-refractivity contribution in [3.05, 3.63) is 29.8 Å². The second kappa shape index (κ2) is 7.29. The molecule has 1 heterocycles. The molecule has 0 radical (unpaired) electrons. The number of aryl methyl sites for hydroxylation is 1. The number of carbonyl (C=O) groups is 1. The van der Waals surface area contributed by atoms with Gasteiger partial charge in [-0.1, -0.05) is 25.1 Å². The highest BCUT2D eigenvalue weighted by Gasteiger charge is 2.22. The Morgan fingerprint density at radius 3 is 2.70 bits per heavy atom. The lowest BCUT2D eigenvalue weighted by atomic mass is 10.1. The molecular weight excluding hydrogens is 252 g/mol. The van der Waals surface area contributed by atoms with Gasteiger partial charge in [0, 0.05) is 19.1 Å². The molecule has 1 fully saturated rings. The van der Waals surface area contributed by atoms with E-state index >= 15 is 0 Å². The molecule has 1 amide bonds. The van der Waals surface area contributed by atoms with Crippen molar-refractivity contribution in [2.45, 2.75) is 32.2 Å². The Morgan fingerprint density at radius 1 is 1.35 bits per heavy atom. The lowest BCUT2D eigenvalue weighted by molar-refractivity contribution is -0.134. The van der Waals surface area contributed by atoms with Gasteiger partial charge in [0.05, 0.1) is 0 Å². The van der Waals surface area contributed by atoms with Crippen molar-refractivity contribution in [3.63, 3.8) is 0 Å². The number of carbonyl (C=O) groups excluding carboxylic acids is 1. The van der Waals surface area contributed by atoms with E-state index in [4.69, 9.17) is 4.74 Å². The zero-order chi connectivity index (χ0) is 14.4. The van der Waals surface area contributed by atoms with E-state index in [2.05, 4.69) is 12.2 Å². The Bertz CT molecular complexity index is 440. The van der Waals surface area contributed by atoms with Gasteiger partial charge >= 0.3 is 0 Å². The van der Waals surface area contributed by atoms with Crippen LogP contribution in [0.5, 0.6) is 5.75 Å². The predicted octanol–water partition coefficient (Wildman–Crippen LogP) is 1.84. The van der Waals surface area contributed by atoms with Gasteiger partial charge in [0.2, 0.25) is 0 Å². The van der Waals surface area contributed by atoms with Gasteiger partial charge in [0.25, 0.3) is 5.91 Å². The van der Waals surface area contributed by atoms with Crippen LogP contribution in [-0.2, 0) is 11.2 Å². The quantitative estimate of drug-likeness (QED) is 0.892. The van der Waals surface area contributed by atoms with Crippen molar-refractivity contribution in [2.75, 3.05) is 26.7 Å². The van der Waals surface area contributed by atoms with Crippen LogP contribution in [0.15, 0.2) is 24.3 Å². The van der Waals surface area contributed by atoms with Gasteiger partial charge < -0.3 is 15.0 Å². The minimum atomic E-state index is 0.0884. The van der Waals surface area contributed by atoms with Crippen molar-refractivity contribution < 1.29 is 9.53 Å². The zero-order valence-electron chi connectivity index (χ0n) is 12.4. The van der Waals surface area contributed by atoms with Crippen molar-refractivity contribution in [3.8, 4) is 5.75 Å². The number of piperidine rings is 1. The number of amides is 1. The molecule has 1 saturated heterocycles. The van der Waals surface area contributed by atoms with Crippen molar-refractivity contribution in [1.29, 1.82) is 0 Å². The summed E-state index contributed by atoms with van der Waals surface area (Å²) in [7, 11) is 1.98. The molecule has 20 heavy (non-hydrogen) atoms. The van der Waals surface area contributed by atoms with E-state index in [1.165, 1.54) is 0 Å². The molecule has 1 aromatic carbocycles. The van der Waals surface area contributed by atoms with Crippen LogP contribution in [0.1, 0.15) is 25.3 Å². The molecule has 2 rings (SSSR count). The molecule has 0 bridgehead atoms. The van der Waals surface area contributed by atoms with E-state index in [9.17, 15) is 4.79 Å². The summed E-state index contributed by atoms with van der Waals surface area (Å²) < 4.78 is 5.69. The first-order chi connectivity index (χ1) is 9.74. The smallest absolute Gasteiger partial charge is 0.260 e. The third-order valence-electron chi connectivity index (χ3n) is 3.96. The lowest BCUT2D eigenvalue weighted by Crippen LogP contribution is -2.45. The third kappa shape index (κ3) is 3.73. The van der Waals surface area contributed by atoms with Gasteiger partial charge in [-0.25, -0.2) is 0 Å². The first-order valence-corrected chi connectivity index (χ1v) is 7.40. The van der Waals surface area contributed by atoms with E-state index in [0.717, 1.165) is 43.7 Å². The minimum absolute atomic E-state index is 0.0884. The summed E-state index contributed by atoms with van der Waals surface area (Å²) in [5.74, 6) is 0.916. The molecule has 4 heteroatoms. The number of benzene rings is 1. The molecule has 110 valence electrons. The second-order valence-corrected chi connectivity index (χ2v) is 5.19. The Balaban J connectivity index is 1.83. The van der Waals surface area contributed by atoms with Crippen LogP contribution in [0.3, 0.4) is 0 Å². The molecule has 0 spiro atoms. The number of para-hydroxylation sites is 1. The lowest BCUT2D eigenvalue weighted by Gasteiger charge is -2.31. The molecule has 1 aliphatic heterocycles. The highest BCUT2D eigenvalue weighted by atomic mass is 16.5. The van der Waals surface area contributed by atoms with Gasteiger partial charge in [0.1, 0.15) is 5.75 Å². The molecule has 4 nitrogen and oxygen atoms in total. The van der Waals surface area contributed by atoms with Gasteiger partial charge in [-0.15, -0.1) is 0 Å². The predicted molar refractivity (Wildman–Crippen MR) is 80.0 cm³/mol. The highest BCUT2D eigenvalue weighted by molar-refractivity contribution is 5.77. The molecule has 1 aromatic rings. The van der Waals surface area contributed by atoms with Crippen LogP contribution in [0.25, 0.3) is 0 Å². The Kier molecular flexibility index (Phi) is 5.41. The maximum atomic E-state index is 12.1. The fraction of sp³-hybridized carbons (Fsp3) is 0.562. The Morgan fingerprint density at radius 2 is 2.05 bits per heavy atom. The first-order valence-electron chi connectivity index (χ1n) is 7.40. The highest BCUT2D eigenvalue weighted by Crippen LogP contribution is 2.18. The number of rotatable bonds is 5. The number of nitrogens with one attached hydrogen (secondary N) is 1. The van der Waals surface area contributed by atoms with Crippen LogP contribution in [-0.4, -0.2) is 43.6 Å². The van der Waals surface area contributed by atoms with Crippen LogP contribution in [0, 0.1) is 0 Å². The SMILES string of the molecule is CCc1ccccc1OCC(=O)N1CCC(NC)CC1. The third-order valence-corrected chi connectivity index (χ3v) is 3.96. The largest absolute Gasteiger partial charge is 0.483 e. The minimum Gasteiger partial charge on any atom is -0.483 e. The summed E-state index contributed by atoms with van der Waals surface area (Å²) in [5.41, 5.74) is 1.15. The van der Waals surface area contributed by atoms with Crippen LogP contribution >= 0.6 is 0 Å². The second-order valence-electron chi connectivity index (χ2n) is 5.19. The van der Waals surface area contributed by atoms with Crippen molar-refractivity contribution in [2.24, 2.45) is 0 Å². The van der Waals surface area contributed by atoms with E-state index in [1.54, 1.807) is 0 Å². The normalized spacial score (nSPS) is 16.2. The topological polar surface area (TPSA) is 41.6 Å². The maximum absolute atomic E-state index is 12.1. The van der Waals surface area contributed by atoms with Gasteiger partial charge in [-0.05, 0) is 37.9 Å². The molecule has 1 N–H and O–H groups in total. The monoisotopic (exact) mass is 276 g/mol. The number of likely N-dealkylation sites (tertiary alicyclic amines) is 1. The molecule has 0 atom stereocenters. The number of ether oxygens (including phenoxy) is 1. The van der Waals surface area contributed by atoms with E-state index in [1.807, 2.05) is 36.2 Å². The summed E-state index contributed by atoms with van der Waals surface area (Å²) in [5, 5.41) is 3.27. The average Bonchev–Trinajstić information content (AvgIpc) is 2.53. The van der Waals surface area contributed by atoms with Crippen molar-refractivity contribution in [1.82, 2.24) is 10.2 Å². The Hall–Kier alpha value is -1.55. The molecule has 0 saturated carbocycles. The fourth-order valence-electron chi connectivity index (χ4n) is 2.59. The fourth-order valence-corrected chi connectivity index (χ4v) is 2.59. The number of nitrogens with zero attached hydrogens (tertiary/aromatic N) is 1. The average molecular weight is 276 g/mol. The zero-order valence-corrected chi connectivity index (χ0v) is 12.4. The standard InChI is InChI=1S/C16H24N2O2/c1-3-13-6-4-5-7-15(13)20-12-16(19)18-10-8-14(17-2)9-11-18/h4-7,14,17H,3,8-12H2,1-2H3. The van der Waals surface area contributed by atoms with Crippen LogP contribution < -0.4 is 10.1 Å². The molecular formula is C16H24N2O2. The van der Waals surface area contributed by atoms with Gasteiger partial charge in [-0.2, -0.15) is 0 Å². The van der Waals surface area contributed by atoms with E-state index in [0.29, 0.717) is 6.04 Å². The molecule has 0 aliphatic carbocycles. The first kappa shape index (κ1) is 14.9. The summed E-state index contributed by atoms with van der Waals surface area (Å²) >= 11 is 0. The van der Waals surface area contributed by atoms with E-state index < -0.39 is 0 Å². The summed E-state index contributed by atoms with van der Waals surface area (Å²) in [6.07, 6.45) is 2.96. The van der Waals surface area contributed by atoms with Crippen LogP contribution in [0.2, 0.25) is 0 Å². The number of hydrogen-bond donors (Lipinski definition) is 1. The van der Waals surface area contributed by atoms with E-state index in [-0.39, 0.29) is 12.5 Å². The number of hydrogen-bond acceptors (Lipinski definition) is 3. The Labute approximate surface area is 121 Å². The molecule has 1 aliphatic rings. The van der Waals surface area contributed by atoms with Crippen LogP contribution in [0.4, 0.5) is 0 Å². The van der Waals surface area contributed by atoms with Gasteiger partial charge in [-0.3, -0.25) is 4.79 Å². The van der Waals surface area contributed by atoms with Gasteiger partial charge in [0.15, 0.2) is 6.61 Å². The maximum Gasteiger partial charge on any atom is 0.260 e. The summed E-state index contributed by atoms with van der Waals surface area (Å²) in [6, 6.07) is 8.45. The summed E-state index contributed by atoms with van der Waals surface area (Å²) in [6.45, 7) is 3.88. The molecule has 0 unspecified atom stereocenters. The molecule has 0 aromatic heterocycles. The summed E-state index contributed by atoms with van der Waals surface area (Å²) in [4.78, 5) is 14.1. The van der Waals surface area contributed by atoms with Crippen molar-refractivity contribution >= 4 is 5.91 Å².